The summed E-state index contributed by atoms with van der Waals surface area (Å²) >= 11 is 0. The van der Waals surface area contributed by atoms with Crippen LogP contribution in [-0.2, 0) is 35.5 Å². The number of nitrogens with one attached hydrogen (secondary N) is 2. The maximum atomic E-state index is 13.9. The minimum Gasteiger partial charge on any atom is -0.351 e. The predicted octanol–water partition coefficient (Wildman–Crippen LogP) is 6.23. The molecule has 0 radical (unpaired) electrons. The van der Waals surface area contributed by atoms with E-state index >= 15 is 0 Å². The number of amides is 3. The second-order valence-corrected chi connectivity index (χ2v) is 18.1. The van der Waals surface area contributed by atoms with Gasteiger partial charge in [-0.2, -0.15) is 36.5 Å². The maximum absolute atomic E-state index is 13.9. The number of benzene rings is 1. The van der Waals surface area contributed by atoms with E-state index in [1.807, 2.05) is 17.4 Å². The molecule has 6 heterocycles. The smallest absolute Gasteiger partial charge is 0.351 e. The molecule has 3 atom stereocenters. The normalized spacial score (nSPS) is 22.7. The number of piperidine rings is 2. The van der Waals surface area contributed by atoms with Gasteiger partial charge in [0.05, 0.1) is 28.4 Å². The molecule has 1 aromatic carbocycles. The summed E-state index contributed by atoms with van der Waals surface area (Å²) in [4.78, 5) is 36.2. The Balaban J connectivity index is 0.813. The van der Waals surface area contributed by atoms with Gasteiger partial charge in [0.25, 0.3) is 0 Å². The Hall–Kier alpha value is -4.63. The van der Waals surface area contributed by atoms with Crippen LogP contribution in [0.2, 0.25) is 0 Å². The van der Waals surface area contributed by atoms with Crippen LogP contribution in [0.25, 0.3) is 22.2 Å². The number of anilines is 2. The van der Waals surface area contributed by atoms with E-state index in [1.165, 1.54) is 10.5 Å². The zero-order valence-corrected chi connectivity index (χ0v) is 33.8. The number of carbonyl (C=O) groups is 2. The largest absolute Gasteiger partial charge is 0.419 e. The molecular formula is C39H47F6N11O3S. The first-order chi connectivity index (χ1) is 28.6. The van der Waals surface area contributed by atoms with Gasteiger partial charge < -0.3 is 10.2 Å². The number of fused-ring (bicyclic) bond motifs is 1. The van der Waals surface area contributed by atoms with Gasteiger partial charge in [0.2, 0.25) is 11.9 Å². The molecule has 324 valence electrons. The van der Waals surface area contributed by atoms with E-state index < -0.39 is 47.2 Å². The molecule has 3 aromatic heterocycles. The second kappa shape index (κ2) is 17.0. The van der Waals surface area contributed by atoms with Crippen molar-refractivity contribution in [3.63, 3.8) is 0 Å². The molecule has 60 heavy (non-hydrogen) atoms. The van der Waals surface area contributed by atoms with E-state index in [0.29, 0.717) is 61.0 Å². The van der Waals surface area contributed by atoms with Crippen molar-refractivity contribution >= 4 is 45.6 Å². The van der Waals surface area contributed by atoms with Gasteiger partial charge in [-0.15, -0.1) is 0 Å². The van der Waals surface area contributed by atoms with Crippen molar-refractivity contribution in [3.8, 4) is 11.3 Å². The summed E-state index contributed by atoms with van der Waals surface area (Å²) < 4.78 is 98.3. The molecular weight excluding hydrogens is 817 g/mol. The lowest BCUT2D eigenvalue weighted by atomic mass is 9.86. The monoisotopic (exact) mass is 863 g/mol. The molecule has 2 N–H and O–H groups in total. The number of aromatic nitrogens is 6. The Kier molecular flexibility index (Phi) is 11.9. The number of rotatable bonds is 10. The lowest BCUT2D eigenvalue weighted by Gasteiger charge is -2.39. The minimum absolute atomic E-state index is 0.0527. The van der Waals surface area contributed by atoms with Gasteiger partial charge in [-0.3, -0.25) is 24.4 Å². The summed E-state index contributed by atoms with van der Waals surface area (Å²) in [5.41, 5.74) is 0.237. The van der Waals surface area contributed by atoms with E-state index in [4.69, 9.17) is 0 Å². The molecule has 0 bridgehead atoms. The van der Waals surface area contributed by atoms with E-state index in [2.05, 4.69) is 47.8 Å². The van der Waals surface area contributed by atoms with Crippen molar-refractivity contribution in [1.82, 2.24) is 44.1 Å². The summed E-state index contributed by atoms with van der Waals surface area (Å²) in [6, 6.07) is 5.68. The highest BCUT2D eigenvalue weighted by Gasteiger charge is 2.38. The fraction of sp³-hybridized carbons (Fsp3) is 0.590. The van der Waals surface area contributed by atoms with Gasteiger partial charge >= 0.3 is 18.4 Å². The summed E-state index contributed by atoms with van der Waals surface area (Å²) in [5.74, 6) is 1.03. The third kappa shape index (κ3) is 9.46. The SMILES string of the molecule is Cn1nc(N2CCC(=O)NC2=O)c2ccc(C3CCN(CC4CCCC(S(=O)N5CCC(Nc6ncc(C(F)(F)F)c(-c7cnn(CC(F)(F)F)c7)n6)CC5)C4)CC3)cc21. The molecule has 4 aromatic rings. The lowest BCUT2D eigenvalue weighted by Crippen LogP contribution is -2.49. The number of imide groups is 1. The molecule has 4 aliphatic rings. The van der Waals surface area contributed by atoms with Gasteiger partial charge in [-0.25, -0.2) is 23.3 Å². The molecule has 1 saturated carbocycles. The standard InChI is InChI=1S/C39H47F6N11O3S/c1-52-32-18-26(5-6-30(32)35(51-52)56-16-11-33(57)49-37(56)58)25-7-12-53(13-8-25)21-24-3-2-4-29(17-24)60(59)55-14-9-28(10-15-55)48-36-46-20-31(39(43,44)45)34(50-36)27-19-47-54(22-27)23-38(40,41)42/h5-6,18-20,22,24-25,28-29H,2-4,7-17,21,23H2,1H3,(H,46,48,50)(H,49,57,58). The molecule has 3 aliphatic heterocycles. The van der Waals surface area contributed by atoms with Gasteiger partial charge in [-0.1, -0.05) is 12.5 Å². The van der Waals surface area contributed by atoms with Crippen LogP contribution in [-0.4, -0.2) is 112 Å². The van der Waals surface area contributed by atoms with Gasteiger partial charge in [0.15, 0.2) is 5.82 Å². The molecule has 1 aliphatic carbocycles. The van der Waals surface area contributed by atoms with Crippen molar-refractivity contribution in [2.24, 2.45) is 13.0 Å². The third-order valence-corrected chi connectivity index (χ3v) is 14.0. The van der Waals surface area contributed by atoms with Crippen LogP contribution in [0.4, 0.5) is 42.9 Å². The molecule has 3 unspecified atom stereocenters. The Morgan fingerprint density at radius 1 is 0.950 bits per heavy atom. The first-order valence-electron chi connectivity index (χ1n) is 20.3. The molecule has 3 saturated heterocycles. The maximum Gasteiger partial charge on any atom is 0.419 e. The Bertz CT molecular complexity index is 2230. The summed E-state index contributed by atoms with van der Waals surface area (Å²) in [5, 5.41) is 14.6. The van der Waals surface area contributed by atoms with Crippen molar-refractivity contribution in [2.45, 2.75) is 93.9 Å². The van der Waals surface area contributed by atoms with Crippen LogP contribution < -0.4 is 15.5 Å². The summed E-state index contributed by atoms with van der Waals surface area (Å²) in [7, 11) is 0.682. The topological polar surface area (TPSA) is 146 Å². The molecule has 4 fully saturated rings. The second-order valence-electron chi connectivity index (χ2n) is 16.3. The van der Waals surface area contributed by atoms with Gasteiger partial charge in [0, 0.05) is 74.3 Å². The number of alkyl halides is 6. The number of halogens is 6. The van der Waals surface area contributed by atoms with Crippen LogP contribution >= 0.6 is 0 Å². The molecule has 21 heteroatoms. The first-order valence-corrected chi connectivity index (χ1v) is 21.5. The Morgan fingerprint density at radius 2 is 1.72 bits per heavy atom. The van der Waals surface area contributed by atoms with E-state index in [0.717, 1.165) is 81.5 Å². The van der Waals surface area contributed by atoms with Crippen molar-refractivity contribution in [1.29, 1.82) is 0 Å². The number of hydrogen-bond donors (Lipinski definition) is 2. The zero-order chi connectivity index (χ0) is 42.3. The average molecular weight is 864 g/mol. The highest BCUT2D eigenvalue weighted by atomic mass is 32.2. The first kappa shape index (κ1) is 42.1. The van der Waals surface area contributed by atoms with Crippen LogP contribution in [0.15, 0.2) is 36.8 Å². The van der Waals surface area contributed by atoms with Crippen molar-refractivity contribution < 1.29 is 40.1 Å². The number of urea groups is 1. The fourth-order valence-corrected chi connectivity index (χ4v) is 10.9. The highest BCUT2D eigenvalue weighted by Crippen LogP contribution is 2.38. The third-order valence-electron chi connectivity index (χ3n) is 12.1. The van der Waals surface area contributed by atoms with E-state index in [9.17, 15) is 40.1 Å². The minimum atomic E-state index is -4.84. The summed E-state index contributed by atoms with van der Waals surface area (Å²) in [6.45, 7) is 2.80. The zero-order valence-electron chi connectivity index (χ0n) is 33.0. The van der Waals surface area contributed by atoms with Gasteiger partial charge in [0.1, 0.15) is 12.1 Å². The Labute approximate surface area is 344 Å². The number of carbonyl (C=O) groups excluding carboxylic acids is 2. The van der Waals surface area contributed by atoms with Crippen LogP contribution in [0, 0.1) is 5.92 Å². The van der Waals surface area contributed by atoms with E-state index in [1.54, 1.807) is 4.68 Å². The molecule has 3 amide bonds. The summed E-state index contributed by atoms with van der Waals surface area (Å²) in [6.07, 6.45) is 0.281. The average Bonchev–Trinajstić information content (AvgIpc) is 3.80. The van der Waals surface area contributed by atoms with Crippen molar-refractivity contribution in [3.05, 3.63) is 47.9 Å². The fourth-order valence-electron chi connectivity index (χ4n) is 9.09. The van der Waals surface area contributed by atoms with Crippen LogP contribution in [0.3, 0.4) is 0 Å². The number of hydrogen-bond acceptors (Lipinski definition) is 9. The quantitative estimate of drug-likeness (QED) is 0.177. The van der Waals surface area contributed by atoms with Crippen molar-refractivity contribution in [2.75, 3.05) is 49.5 Å². The number of aryl methyl sites for hydroxylation is 1. The van der Waals surface area contributed by atoms with E-state index in [-0.39, 0.29) is 35.1 Å². The molecule has 8 rings (SSSR count). The van der Waals surface area contributed by atoms with Gasteiger partial charge in [-0.05, 0) is 87.6 Å². The van der Waals surface area contributed by atoms with Crippen LogP contribution in [0.5, 0.6) is 0 Å². The predicted molar refractivity (Wildman–Crippen MR) is 211 cm³/mol. The van der Waals surface area contributed by atoms with Crippen LogP contribution in [0.1, 0.15) is 74.8 Å². The highest BCUT2D eigenvalue weighted by molar-refractivity contribution is 7.83. The lowest BCUT2D eigenvalue weighted by molar-refractivity contribution is -0.142. The number of likely N-dealkylation sites (tertiary alicyclic amines) is 1. The Morgan fingerprint density at radius 3 is 2.43 bits per heavy atom. The molecule has 0 spiro atoms. The molecule has 14 nitrogen and oxygen atoms in total. The number of nitrogens with zero attached hydrogens (tertiary/aromatic N) is 9.